The van der Waals surface area contributed by atoms with E-state index in [-0.39, 0.29) is 11.8 Å². The summed E-state index contributed by atoms with van der Waals surface area (Å²) < 4.78 is 6.04. The number of carbonyl (C=O) groups is 1. The maximum absolute atomic E-state index is 11.6. The number of carbonyl (C=O) groups excluding carboxylic acids is 1. The van der Waals surface area contributed by atoms with Crippen LogP contribution in [0.5, 0.6) is 0 Å². The van der Waals surface area contributed by atoms with Crippen LogP contribution in [0.25, 0.3) is 0 Å². The van der Waals surface area contributed by atoms with Gasteiger partial charge in [0.05, 0.1) is 0 Å². The van der Waals surface area contributed by atoms with Gasteiger partial charge in [-0.25, -0.2) is 0 Å². The van der Waals surface area contributed by atoms with E-state index < -0.39 is 0 Å². The molecule has 0 aliphatic heterocycles. The molecule has 0 saturated heterocycles. The van der Waals surface area contributed by atoms with Crippen LogP contribution in [0.2, 0.25) is 0 Å². The van der Waals surface area contributed by atoms with E-state index in [1.54, 1.807) is 7.11 Å². The number of rotatable bonds is 6. The number of benzene rings is 1. The summed E-state index contributed by atoms with van der Waals surface area (Å²) in [4.78, 5) is 11.6. The van der Waals surface area contributed by atoms with Gasteiger partial charge in [0.15, 0.2) is 0 Å². The van der Waals surface area contributed by atoms with E-state index in [2.05, 4.69) is 21.2 Å². The topological polar surface area (TPSA) is 38.3 Å². The quantitative estimate of drug-likeness (QED) is 0.877. The van der Waals surface area contributed by atoms with Gasteiger partial charge in [-0.1, -0.05) is 35.0 Å². The van der Waals surface area contributed by atoms with E-state index in [0.29, 0.717) is 19.6 Å². The fraction of sp³-hybridized carbons (Fsp3) is 0.462. The van der Waals surface area contributed by atoms with Crippen LogP contribution in [0, 0.1) is 5.92 Å². The Balaban J connectivity index is 2.30. The van der Waals surface area contributed by atoms with Crippen molar-refractivity contribution in [2.75, 3.05) is 13.7 Å². The first-order valence-corrected chi connectivity index (χ1v) is 6.41. The zero-order valence-corrected chi connectivity index (χ0v) is 11.8. The third kappa shape index (κ3) is 5.84. The molecule has 0 spiro atoms. The summed E-state index contributed by atoms with van der Waals surface area (Å²) in [6, 6.07) is 7.91. The monoisotopic (exact) mass is 299 g/mol. The highest BCUT2D eigenvalue weighted by molar-refractivity contribution is 9.10. The van der Waals surface area contributed by atoms with Gasteiger partial charge in [0.2, 0.25) is 5.91 Å². The minimum atomic E-state index is 0.0671. The van der Waals surface area contributed by atoms with Crippen molar-refractivity contribution in [3.63, 3.8) is 0 Å². The van der Waals surface area contributed by atoms with Crippen LogP contribution >= 0.6 is 15.9 Å². The van der Waals surface area contributed by atoms with E-state index in [1.165, 1.54) is 0 Å². The van der Waals surface area contributed by atoms with Crippen molar-refractivity contribution >= 4 is 21.8 Å². The standard InChI is InChI=1S/C13H18BrNO2/c1-10(9-17-2)7-13(16)15-8-11-3-5-12(14)6-4-11/h3-6,10H,7-9H2,1-2H3,(H,15,16). The molecule has 1 rings (SSSR count). The van der Waals surface area contributed by atoms with Gasteiger partial charge in [0, 0.05) is 31.2 Å². The van der Waals surface area contributed by atoms with Gasteiger partial charge in [-0.3, -0.25) is 4.79 Å². The van der Waals surface area contributed by atoms with Gasteiger partial charge in [0.1, 0.15) is 0 Å². The first-order valence-electron chi connectivity index (χ1n) is 5.62. The molecule has 0 radical (unpaired) electrons. The SMILES string of the molecule is COCC(C)CC(=O)NCc1ccc(Br)cc1. The molecule has 1 amide bonds. The second kappa shape index (κ2) is 7.45. The summed E-state index contributed by atoms with van der Waals surface area (Å²) in [5, 5.41) is 2.90. The number of nitrogens with one attached hydrogen (secondary N) is 1. The predicted octanol–water partition coefficient (Wildman–Crippen LogP) is 2.74. The van der Waals surface area contributed by atoms with Crippen LogP contribution in [-0.4, -0.2) is 19.6 Å². The predicted molar refractivity (Wildman–Crippen MR) is 71.6 cm³/mol. The lowest BCUT2D eigenvalue weighted by atomic mass is 10.1. The van der Waals surface area contributed by atoms with Crippen LogP contribution in [0.4, 0.5) is 0 Å². The van der Waals surface area contributed by atoms with Gasteiger partial charge in [0.25, 0.3) is 0 Å². The molecule has 0 aliphatic carbocycles. The minimum Gasteiger partial charge on any atom is -0.384 e. The fourth-order valence-corrected chi connectivity index (χ4v) is 1.80. The summed E-state index contributed by atoms with van der Waals surface area (Å²) in [5.74, 6) is 0.322. The van der Waals surface area contributed by atoms with Crippen LogP contribution in [0.1, 0.15) is 18.9 Å². The number of halogens is 1. The van der Waals surface area contributed by atoms with E-state index in [0.717, 1.165) is 10.0 Å². The highest BCUT2D eigenvalue weighted by Gasteiger charge is 2.08. The average Bonchev–Trinajstić information content (AvgIpc) is 2.28. The lowest BCUT2D eigenvalue weighted by Crippen LogP contribution is -2.25. The molecule has 1 aromatic carbocycles. The zero-order chi connectivity index (χ0) is 12.7. The molecule has 0 heterocycles. The zero-order valence-electron chi connectivity index (χ0n) is 10.2. The van der Waals surface area contributed by atoms with Gasteiger partial charge in [-0.2, -0.15) is 0 Å². The largest absolute Gasteiger partial charge is 0.384 e. The van der Waals surface area contributed by atoms with Crippen LogP contribution < -0.4 is 5.32 Å². The van der Waals surface area contributed by atoms with E-state index >= 15 is 0 Å². The third-order valence-corrected chi connectivity index (χ3v) is 2.92. The molecule has 0 bridgehead atoms. The Kier molecular flexibility index (Phi) is 6.22. The van der Waals surface area contributed by atoms with Crippen molar-refractivity contribution in [3.05, 3.63) is 34.3 Å². The Labute approximate surface area is 111 Å². The van der Waals surface area contributed by atoms with Gasteiger partial charge < -0.3 is 10.1 Å². The molecule has 17 heavy (non-hydrogen) atoms. The van der Waals surface area contributed by atoms with Gasteiger partial charge in [-0.15, -0.1) is 0 Å². The summed E-state index contributed by atoms with van der Waals surface area (Å²) in [6.45, 7) is 3.19. The molecule has 0 aliphatic rings. The van der Waals surface area contributed by atoms with Crippen molar-refractivity contribution < 1.29 is 9.53 Å². The molecule has 0 fully saturated rings. The highest BCUT2D eigenvalue weighted by Crippen LogP contribution is 2.10. The molecular weight excluding hydrogens is 282 g/mol. The minimum absolute atomic E-state index is 0.0671. The number of ether oxygens (including phenoxy) is 1. The van der Waals surface area contributed by atoms with Crippen molar-refractivity contribution in [1.82, 2.24) is 5.32 Å². The van der Waals surface area contributed by atoms with Crippen molar-refractivity contribution in [2.45, 2.75) is 19.9 Å². The Hall–Kier alpha value is -0.870. The Morgan fingerprint density at radius 2 is 2.06 bits per heavy atom. The second-order valence-corrected chi connectivity index (χ2v) is 5.08. The van der Waals surface area contributed by atoms with Crippen molar-refractivity contribution in [1.29, 1.82) is 0 Å². The van der Waals surface area contributed by atoms with Crippen LogP contribution in [0.3, 0.4) is 0 Å². The smallest absolute Gasteiger partial charge is 0.220 e. The first kappa shape index (κ1) is 14.2. The Morgan fingerprint density at radius 3 is 2.65 bits per heavy atom. The van der Waals surface area contributed by atoms with Crippen molar-refractivity contribution in [3.8, 4) is 0 Å². The molecule has 1 atom stereocenters. The summed E-state index contributed by atoms with van der Waals surface area (Å²) in [5.41, 5.74) is 1.10. The molecule has 0 aromatic heterocycles. The molecule has 94 valence electrons. The number of methoxy groups -OCH3 is 1. The molecule has 1 aromatic rings. The van der Waals surface area contributed by atoms with Crippen LogP contribution in [-0.2, 0) is 16.1 Å². The maximum Gasteiger partial charge on any atom is 0.220 e. The van der Waals surface area contributed by atoms with E-state index in [1.807, 2.05) is 31.2 Å². The first-order chi connectivity index (χ1) is 8.11. The fourth-order valence-electron chi connectivity index (χ4n) is 1.54. The molecule has 1 unspecified atom stereocenters. The van der Waals surface area contributed by atoms with Crippen molar-refractivity contribution in [2.24, 2.45) is 5.92 Å². The number of amides is 1. The van der Waals surface area contributed by atoms with Gasteiger partial charge in [-0.05, 0) is 23.6 Å². The summed E-state index contributed by atoms with van der Waals surface area (Å²) in [6.07, 6.45) is 0.504. The number of hydrogen-bond donors (Lipinski definition) is 1. The Morgan fingerprint density at radius 1 is 1.41 bits per heavy atom. The lowest BCUT2D eigenvalue weighted by Gasteiger charge is -2.10. The summed E-state index contributed by atoms with van der Waals surface area (Å²) in [7, 11) is 1.65. The summed E-state index contributed by atoms with van der Waals surface area (Å²) >= 11 is 3.37. The maximum atomic E-state index is 11.6. The average molecular weight is 300 g/mol. The van der Waals surface area contributed by atoms with Gasteiger partial charge >= 0.3 is 0 Å². The third-order valence-electron chi connectivity index (χ3n) is 2.39. The van der Waals surface area contributed by atoms with Crippen LogP contribution in [0.15, 0.2) is 28.7 Å². The molecule has 0 saturated carbocycles. The van der Waals surface area contributed by atoms with E-state index in [9.17, 15) is 4.79 Å². The highest BCUT2D eigenvalue weighted by atomic mass is 79.9. The van der Waals surface area contributed by atoms with E-state index in [4.69, 9.17) is 4.74 Å². The normalized spacial score (nSPS) is 12.2. The molecular formula is C13H18BrNO2. The molecule has 4 heteroatoms. The Bertz CT molecular complexity index is 351. The molecule has 1 N–H and O–H groups in total. The second-order valence-electron chi connectivity index (χ2n) is 4.17. The number of hydrogen-bond acceptors (Lipinski definition) is 2. The lowest BCUT2D eigenvalue weighted by molar-refractivity contribution is -0.122. The molecule has 3 nitrogen and oxygen atoms in total.